The lowest BCUT2D eigenvalue weighted by Gasteiger charge is -2.29. The van der Waals surface area contributed by atoms with E-state index in [0.717, 1.165) is 0 Å². The molecule has 160 valence electrons. The van der Waals surface area contributed by atoms with E-state index in [2.05, 4.69) is 16.0 Å². The lowest BCUT2D eigenvalue weighted by Crippen LogP contribution is -2.42. The summed E-state index contributed by atoms with van der Waals surface area (Å²) < 4.78 is 42.1. The second-order valence-electron chi connectivity index (χ2n) is 6.76. The lowest BCUT2D eigenvalue weighted by molar-refractivity contribution is -0.275. The lowest BCUT2D eigenvalue weighted by atomic mass is 9.86. The third-order valence-corrected chi connectivity index (χ3v) is 5.15. The Bertz CT molecular complexity index is 982. The van der Waals surface area contributed by atoms with Crippen LogP contribution in [0.4, 0.5) is 18.9 Å². The number of carbonyl (C=O) groups is 1. The molecule has 2 N–H and O–H groups in total. The largest absolute Gasteiger partial charge is 0.435 e. The van der Waals surface area contributed by atoms with Gasteiger partial charge in [-0.1, -0.05) is 53.5 Å². The van der Waals surface area contributed by atoms with E-state index in [1.54, 1.807) is 0 Å². The highest BCUT2D eigenvalue weighted by atomic mass is 35.5. The Labute approximate surface area is 181 Å². The van der Waals surface area contributed by atoms with E-state index in [1.807, 2.05) is 6.92 Å². The monoisotopic (exact) mass is 459 g/mol. The Balaban J connectivity index is 1.87. The van der Waals surface area contributed by atoms with Gasteiger partial charge < -0.3 is 4.84 Å². The molecule has 2 aromatic carbocycles. The van der Waals surface area contributed by atoms with Crippen LogP contribution < -0.4 is 10.9 Å². The summed E-state index contributed by atoms with van der Waals surface area (Å²) in [7, 11) is 0. The molecule has 3 rings (SSSR count). The molecule has 0 aromatic heterocycles. The first-order valence-electron chi connectivity index (χ1n) is 9.09. The van der Waals surface area contributed by atoms with Gasteiger partial charge in [0.25, 0.3) is 5.60 Å². The minimum absolute atomic E-state index is 0.0897. The number of alkyl halides is 3. The van der Waals surface area contributed by atoms with Crippen molar-refractivity contribution < 1.29 is 22.8 Å². The van der Waals surface area contributed by atoms with Crippen molar-refractivity contribution in [1.29, 1.82) is 0 Å². The number of rotatable bonds is 6. The van der Waals surface area contributed by atoms with Gasteiger partial charge in [0, 0.05) is 29.0 Å². The van der Waals surface area contributed by atoms with Gasteiger partial charge in [0.05, 0.1) is 16.4 Å². The fourth-order valence-electron chi connectivity index (χ4n) is 3.03. The van der Waals surface area contributed by atoms with Gasteiger partial charge in [-0.2, -0.15) is 13.2 Å². The van der Waals surface area contributed by atoms with Crippen molar-refractivity contribution in [2.75, 3.05) is 5.43 Å². The molecule has 1 heterocycles. The molecule has 1 aliphatic rings. The van der Waals surface area contributed by atoms with Crippen LogP contribution in [0.1, 0.15) is 37.3 Å². The Kier molecular flexibility index (Phi) is 6.47. The molecule has 2 aromatic rings. The number of nitrogens with zero attached hydrogens (tertiary/aromatic N) is 1. The normalized spacial score (nSPS) is 18.5. The summed E-state index contributed by atoms with van der Waals surface area (Å²) in [6, 6.07) is 9.96. The van der Waals surface area contributed by atoms with Crippen molar-refractivity contribution in [3.63, 3.8) is 0 Å². The van der Waals surface area contributed by atoms with Crippen molar-refractivity contribution in [3.8, 4) is 0 Å². The van der Waals surface area contributed by atoms with Crippen molar-refractivity contribution in [1.82, 2.24) is 5.43 Å². The maximum Gasteiger partial charge on any atom is 0.435 e. The van der Waals surface area contributed by atoms with Crippen molar-refractivity contribution in [3.05, 3.63) is 63.6 Å². The summed E-state index contributed by atoms with van der Waals surface area (Å²) in [6.07, 6.45) is -4.29. The SMILES string of the molecule is CCCC(=O)NNc1cc(C2=NOC(c3cccc(Cl)c3)(C(F)(F)F)C2)ccc1Cl. The summed E-state index contributed by atoms with van der Waals surface area (Å²) in [5.41, 5.74) is 3.19. The average Bonchev–Trinajstić information content (AvgIpc) is 3.14. The Morgan fingerprint density at radius 1 is 1.23 bits per heavy atom. The quantitative estimate of drug-likeness (QED) is 0.535. The number of anilines is 1. The molecular weight excluding hydrogens is 442 g/mol. The van der Waals surface area contributed by atoms with Crippen molar-refractivity contribution in [2.24, 2.45) is 5.16 Å². The zero-order valence-electron chi connectivity index (χ0n) is 15.8. The van der Waals surface area contributed by atoms with Gasteiger partial charge in [-0.05, 0) is 30.7 Å². The Morgan fingerprint density at radius 3 is 2.67 bits per heavy atom. The molecule has 0 saturated heterocycles. The van der Waals surface area contributed by atoms with Crippen LogP contribution in [0, 0.1) is 0 Å². The van der Waals surface area contributed by atoms with Gasteiger partial charge in [-0.3, -0.25) is 15.6 Å². The molecule has 0 fully saturated rings. The van der Waals surface area contributed by atoms with Gasteiger partial charge in [0.15, 0.2) is 0 Å². The van der Waals surface area contributed by atoms with Crippen LogP contribution in [0.2, 0.25) is 10.0 Å². The van der Waals surface area contributed by atoms with Crippen molar-refractivity contribution in [2.45, 2.75) is 38.0 Å². The second-order valence-corrected chi connectivity index (χ2v) is 7.60. The van der Waals surface area contributed by atoms with E-state index in [0.29, 0.717) is 24.1 Å². The van der Waals surface area contributed by atoms with E-state index in [-0.39, 0.29) is 27.2 Å². The number of nitrogens with one attached hydrogen (secondary N) is 2. The van der Waals surface area contributed by atoms with Gasteiger partial charge >= 0.3 is 6.18 Å². The van der Waals surface area contributed by atoms with E-state index in [1.165, 1.54) is 42.5 Å². The minimum Gasteiger partial charge on any atom is -0.374 e. The molecule has 0 radical (unpaired) electrons. The maximum atomic E-state index is 14.0. The third-order valence-electron chi connectivity index (χ3n) is 4.59. The number of benzene rings is 2. The zero-order valence-corrected chi connectivity index (χ0v) is 17.3. The fourth-order valence-corrected chi connectivity index (χ4v) is 3.38. The predicted molar refractivity (Wildman–Crippen MR) is 110 cm³/mol. The number of amides is 1. The first-order chi connectivity index (χ1) is 14.2. The van der Waals surface area contributed by atoms with Crippen LogP contribution in [-0.4, -0.2) is 17.8 Å². The van der Waals surface area contributed by atoms with Gasteiger partial charge in [0.1, 0.15) is 0 Å². The number of carbonyl (C=O) groups excluding carboxylic acids is 1. The number of oxime groups is 1. The van der Waals surface area contributed by atoms with Crippen LogP contribution in [0.15, 0.2) is 47.6 Å². The maximum absolute atomic E-state index is 14.0. The Morgan fingerprint density at radius 2 is 2.00 bits per heavy atom. The first kappa shape index (κ1) is 22.2. The topological polar surface area (TPSA) is 62.7 Å². The molecule has 0 spiro atoms. The molecule has 1 unspecified atom stereocenters. The highest BCUT2D eigenvalue weighted by molar-refractivity contribution is 6.33. The molecule has 1 aliphatic heterocycles. The summed E-state index contributed by atoms with van der Waals surface area (Å²) in [6.45, 7) is 1.86. The average molecular weight is 460 g/mol. The van der Waals surface area contributed by atoms with Gasteiger partial charge in [-0.25, -0.2) is 0 Å². The molecule has 5 nitrogen and oxygen atoms in total. The van der Waals surface area contributed by atoms with E-state index in [9.17, 15) is 18.0 Å². The summed E-state index contributed by atoms with van der Waals surface area (Å²) in [4.78, 5) is 16.6. The fraction of sp³-hybridized carbons (Fsp3) is 0.300. The van der Waals surface area contributed by atoms with Crippen LogP contribution >= 0.6 is 23.2 Å². The minimum atomic E-state index is -4.73. The highest BCUT2D eigenvalue weighted by Crippen LogP contribution is 2.49. The summed E-state index contributed by atoms with van der Waals surface area (Å²) in [5, 5.41) is 4.17. The molecule has 0 aliphatic carbocycles. The molecule has 1 atom stereocenters. The molecule has 10 heteroatoms. The number of hydrazine groups is 1. The van der Waals surface area contributed by atoms with Crippen molar-refractivity contribution >= 4 is 40.5 Å². The van der Waals surface area contributed by atoms with Crippen LogP contribution in [0.3, 0.4) is 0 Å². The second kappa shape index (κ2) is 8.73. The van der Waals surface area contributed by atoms with Crippen LogP contribution in [-0.2, 0) is 15.2 Å². The number of halogens is 5. The van der Waals surface area contributed by atoms with E-state index >= 15 is 0 Å². The Hall–Kier alpha value is -2.45. The first-order valence-corrected chi connectivity index (χ1v) is 9.84. The molecule has 30 heavy (non-hydrogen) atoms. The van der Waals surface area contributed by atoms with Gasteiger partial charge in [0.2, 0.25) is 5.91 Å². The predicted octanol–water partition coefficient (Wildman–Crippen LogP) is 5.82. The molecule has 0 saturated carbocycles. The summed E-state index contributed by atoms with van der Waals surface area (Å²) >= 11 is 12.0. The number of hydrogen-bond acceptors (Lipinski definition) is 4. The number of hydrogen-bond donors (Lipinski definition) is 2. The molecular formula is C20H18Cl2F3N3O2. The zero-order chi connectivity index (χ0) is 21.9. The van der Waals surface area contributed by atoms with Crippen LogP contribution in [0.5, 0.6) is 0 Å². The van der Waals surface area contributed by atoms with Crippen LogP contribution in [0.25, 0.3) is 0 Å². The van der Waals surface area contributed by atoms with Gasteiger partial charge in [-0.15, -0.1) is 0 Å². The summed E-state index contributed by atoms with van der Waals surface area (Å²) in [5.74, 6) is -0.238. The van der Waals surface area contributed by atoms with E-state index in [4.69, 9.17) is 28.0 Å². The highest BCUT2D eigenvalue weighted by Gasteiger charge is 2.62. The van der Waals surface area contributed by atoms with E-state index < -0.39 is 18.2 Å². The smallest absolute Gasteiger partial charge is 0.374 e. The molecule has 1 amide bonds. The molecule has 0 bridgehead atoms. The third kappa shape index (κ3) is 4.49. The standard InChI is InChI=1S/C20H18Cl2F3N3O2/c1-2-4-18(29)27-26-16-9-12(7-8-15(16)22)17-11-19(30-28-17,20(23,24)25)13-5-3-6-14(21)10-13/h3,5-10,26H,2,4,11H2,1H3,(H,27,29).